The van der Waals surface area contributed by atoms with E-state index in [-0.39, 0.29) is 29.7 Å². The predicted octanol–water partition coefficient (Wildman–Crippen LogP) is 3.43. The van der Waals surface area contributed by atoms with Crippen molar-refractivity contribution in [3.63, 3.8) is 0 Å². The number of para-hydroxylation sites is 1. The van der Waals surface area contributed by atoms with Crippen LogP contribution in [0.15, 0.2) is 48.5 Å². The maximum absolute atomic E-state index is 13.2. The number of ether oxygens (including phenoxy) is 1. The highest BCUT2D eigenvalue weighted by molar-refractivity contribution is 7.92. The summed E-state index contributed by atoms with van der Waals surface area (Å²) in [5.74, 6) is -0.897. The number of hydrogen-bond acceptors (Lipinski definition) is 5. The van der Waals surface area contributed by atoms with Gasteiger partial charge >= 0.3 is 0 Å². The maximum atomic E-state index is 13.2. The SMILES string of the molecule is CC[C@H](C(=O)Nc1ccccc1C(=O)NC[C@@H]1CCCO1)N(c1cccc(Cl)c1)S(C)(=O)=O. The molecule has 0 bridgehead atoms. The molecule has 0 aromatic heterocycles. The van der Waals surface area contributed by atoms with E-state index in [1.54, 1.807) is 49.4 Å². The number of sulfonamides is 1. The van der Waals surface area contributed by atoms with Crippen LogP contribution in [0.25, 0.3) is 0 Å². The van der Waals surface area contributed by atoms with E-state index in [1.165, 1.54) is 6.07 Å². The fourth-order valence-electron chi connectivity index (χ4n) is 3.79. The number of carbonyl (C=O) groups is 2. The van der Waals surface area contributed by atoms with Gasteiger partial charge in [-0.05, 0) is 49.6 Å². The van der Waals surface area contributed by atoms with Crippen molar-refractivity contribution in [1.82, 2.24) is 5.32 Å². The second-order valence-electron chi connectivity index (χ2n) is 7.84. The lowest BCUT2D eigenvalue weighted by Crippen LogP contribution is -2.47. The second-order valence-corrected chi connectivity index (χ2v) is 10.1. The molecule has 1 aliphatic heterocycles. The highest BCUT2D eigenvalue weighted by Gasteiger charge is 2.32. The van der Waals surface area contributed by atoms with Crippen LogP contribution in [0.3, 0.4) is 0 Å². The molecule has 8 nitrogen and oxygen atoms in total. The third kappa shape index (κ3) is 6.46. The monoisotopic (exact) mass is 493 g/mol. The highest BCUT2D eigenvalue weighted by Crippen LogP contribution is 2.26. The number of carbonyl (C=O) groups excluding carboxylic acids is 2. The molecule has 0 aliphatic carbocycles. The quantitative estimate of drug-likeness (QED) is 0.556. The van der Waals surface area contributed by atoms with E-state index in [1.807, 2.05) is 0 Å². The van der Waals surface area contributed by atoms with Crippen LogP contribution in [0.2, 0.25) is 5.02 Å². The molecule has 1 saturated heterocycles. The summed E-state index contributed by atoms with van der Waals surface area (Å²) in [6.45, 7) is 2.79. The fourth-order valence-corrected chi connectivity index (χ4v) is 5.17. The van der Waals surface area contributed by atoms with Crippen molar-refractivity contribution in [1.29, 1.82) is 0 Å². The highest BCUT2D eigenvalue weighted by atomic mass is 35.5. The Balaban J connectivity index is 1.82. The first kappa shape index (κ1) is 25.0. The normalized spacial score (nSPS) is 16.8. The minimum absolute atomic E-state index is 0.0128. The van der Waals surface area contributed by atoms with Gasteiger partial charge in [0.05, 0.1) is 29.3 Å². The molecular weight excluding hydrogens is 466 g/mol. The molecule has 2 atom stereocenters. The van der Waals surface area contributed by atoms with E-state index in [9.17, 15) is 18.0 Å². The molecule has 1 aliphatic rings. The van der Waals surface area contributed by atoms with Crippen LogP contribution in [0.5, 0.6) is 0 Å². The lowest BCUT2D eigenvalue weighted by atomic mass is 10.1. The van der Waals surface area contributed by atoms with Crippen molar-refractivity contribution < 1.29 is 22.7 Å². The smallest absolute Gasteiger partial charge is 0.253 e. The summed E-state index contributed by atoms with van der Waals surface area (Å²) in [6.07, 6.45) is 3.09. The Morgan fingerprint density at radius 3 is 2.61 bits per heavy atom. The molecule has 2 aromatic rings. The molecule has 0 radical (unpaired) electrons. The minimum Gasteiger partial charge on any atom is -0.376 e. The van der Waals surface area contributed by atoms with Crippen LogP contribution in [-0.2, 0) is 19.6 Å². The number of benzene rings is 2. The van der Waals surface area contributed by atoms with Gasteiger partial charge in [0.2, 0.25) is 15.9 Å². The summed E-state index contributed by atoms with van der Waals surface area (Å²) in [7, 11) is -3.81. The topological polar surface area (TPSA) is 105 Å². The average molecular weight is 494 g/mol. The van der Waals surface area contributed by atoms with Crippen LogP contribution in [0.1, 0.15) is 36.5 Å². The van der Waals surface area contributed by atoms with E-state index in [2.05, 4.69) is 10.6 Å². The van der Waals surface area contributed by atoms with Crippen LogP contribution in [-0.4, -0.2) is 51.8 Å². The largest absolute Gasteiger partial charge is 0.376 e. The van der Waals surface area contributed by atoms with Gasteiger partial charge in [0.1, 0.15) is 6.04 Å². The Hall–Kier alpha value is -2.62. The van der Waals surface area contributed by atoms with E-state index >= 15 is 0 Å². The van der Waals surface area contributed by atoms with Crippen LogP contribution >= 0.6 is 11.6 Å². The maximum Gasteiger partial charge on any atom is 0.253 e. The van der Waals surface area contributed by atoms with Gasteiger partial charge in [-0.3, -0.25) is 13.9 Å². The molecule has 1 heterocycles. The Morgan fingerprint density at radius 1 is 1.21 bits per heavy atom. The molecule has 178 valence electrons. The number of halogens is 1. The van der Waals surface area contributed by atoms with E-state index in [4.69, 9.17) is 16.3 Å². The third-order valence-corrected chi connectivity index (χ3v) is 6.75. The van der Waals surface area contributed by atoms with E-state index in [0.29, 0.717) is 23.9 Å². The van der Waals surface area contributed by atoms with Crippen molar-refractivity contribution in [3.05, 3.63) is 59.1 Å². The molecule has 3 rings (SSSR count). The van der Waals surface area contributed by atoms with Gasteiger partial charge < -0.3 is 15.4 Å². The summed E-state index contributed by atoms with van der Waals surface area (Å²) in [5.41, 5.74) is 0.868. The van der Waals surface area contributed by atoms with Crippen molar-refractivity contribution in [2.45, 2.75) is 38.3 Å². The summed E-state index contributed by atoms with van der Waals surface area (Å²) in [5, 5.41) is 5.93. The number of hydrogen-bond donors (Lipinski definition) is 2. The van der Waals surface area contributed by atoms with Crippen molar-refractivity contribution in [2.75, 3.05) is 29.0 Å². The van der Waals surface area contributed by atoms with Crippen LogP contribution < -0.4 is 14.9 Å². The van der Waals surface area contributed by atoms with Gasteiger partial charge in [-0.15, -0.1) is 0 Å². The molecule has 2 N–H and O–H groups in total. The Kier molecular flexibility index (Phi) is 8.34. The van der Waals surface area contributed by atoms with Gasteiger partial charge in [-0.2, -0.15) is 0 Å². The number of anilines is 2. The standard InChI is InChI=1S/C23H28ClN3O5S/c1-3-21(27(33(2,30)31)17-9-6-8-16(24)14-17)23(29)26-20-12-5-4-11-19(20)22(28)25-15-18-10-7-13-32-18/h4-6,8-9,11-12,14,18,21H,3,7,10,13,15H2,1-2H3,(H,25,28)(H,26,29)/t18-,21+/m0/s1. The minimum atomic E-state index is -3.81. The van der Waals surface area contributed by atoms with E-state index in [0.717, 1.165) is 23.4 Å². The van der Waals surface area contributed by atoms with E-state index < -0.39 is 22.0 Å². The number of nitrogens with zero attached hydrogens (tertiary/aromatic N) is 1. The first-order valence-corrected chi connectivity index (χ1v) is 13.0. The van der Waals surface area contributed by atoms with Gasteiger partial charge in [0, 0.05) is 18.2 Å². The molecule has 0 saturated carbocycles. The number of rotatable bonds is 9. The van der Waals surface area contributed by atoms with Crippen molar-refractivity contribution in [3.8, 4) is 0 Å². The Morgan fingerprint density at radius 2 is 1.97 bits per heavy atom. The Labute approximate surface area is 199 Å². The Bertz CT molecular complexity index is 1100. The van der Waals surface area contributed by atoms with Gasteiger partial charge in [0.25, 0.3) is 5.91 Å². The second kappa shape index (κ2) is 11.0. The van der Waals surface area contributed by atoms with Crippen molar-refractivity contribution >= 4 is 44.8 Å². The molecule has 2 amide bonds. The molecular formula is C23H28ClN3O5S. The molecule has 0 spiro atoms. The molecule has 1 fully saturated rings. The zero-order chi connectivity index (χ0) is 24.0. The summed E-state index contributed by atoms with van der Waals surface area (Å²) in [4.78, 5) is 26.0. The number of nitrogens with one attached hydrogen (secondary N) is 2. The zero-order valence-corrected chi connectivity index (χ0v) is 20.2. The fraction of sp³-hybridized carbons (Fsp3) is 0.391. The average Bonchev–Trinajstić information content (AvgIpc) is 3.28. The number of amides is 2. The van der Waals surface area contributed by atoms with Crippen LogP contribution in [0.4, 0.5) is 11.4 Å². The molecule has 33 heavy (non-hydrogen) atoms. The first-order valence-electron chi connectivity index (χ1n) is 10.8. The summed E-state index contributed by atoms with van der Waals surface area (Å²) in [6, 6.07) is 11.9. The molecule has 0 unspecified atom stereocenters. The third-order valence-electron chi connectivity index (χ3n) is 5.34. The zero-order valence-electron chi connectivity index (χ0n) is 18.6. The lowest BCUT2D eigenvalue weighted by Gasteiger charge is -2.30. The van der Waals surface area contributed by atoms with Gasteiger partial charge in [0.15, 0.2) is 0 Å². The lowest BCUT2D eigenvalue weighted by molar-refractivity contribution is -0.117. The van der Waals surface area contributed by atoms with Crippen LogP contribution in [0, 0.1) is 0 Å². The van der Waals surface area contributed by atoms with Gasteiger partial charge in [-0.25, -0.2) is 8.42 Å². The van der Waals surface area contributed by atoms with Gasteiger partial charge in [-0.1, -0.05) is 36.7 Å². The molecule has 2 aromatic carbocycles. The summed E-state index contributed by atoms with van der Waals surface area (Å²) >= 11 is 6.05. The first-order chi connectivity index (χ1) is 15.7. The summed E-state index contributed by atoms with van der Waals surface area (Å²) < 4.78 is 31.8. The molecule has 10 heteroatoms. The van der Waals surface area contributed by atoms with Crippen molar-refractivity contribution in [2.24, 2.45) is 0 Å². The predicted molar refractivity (Wildman–Crippen MR) is 129 cm³/mol.